The number of aromatic amines is 1. The minimum atomic E-state index is 0.178. The Balaban J connectivity index is 1.88. The van der Waals surface area contributed by atoms with Gasteiger partial charge in [0.05, 0.1) is 6.61 Å². The van der Waals surface area contributed by atoms with Gasteiger partial charge in [0.15, 0.2) is 0 Å². The minimum Gasteiger partial charge on any atom is -0.493 e. The van der Waals surface area contributed by atoms with Crippen LogP contribution in [0.3, 0.4) is 0 Å². The van der Waals surface area contributed by atoms with Crippen molar-refractivity contribution >= 4 is 10.9 Å². The summed E-state index contributed by atoms with van der Waals surface area (Å²) >= 11 is 0. The Morgan fingerprint density at radius 2 is 2.05 bits per heavy atom. The smallest absolute Gasteiger partial charge is 0.128 e. The first-order chi connectivity index (χ1) is 8.96. The largest absolute Gasteiger partial charge is 0.493 e. The molecule has 1 aromatic carbocycles. The third-order valence-corrected chi connectivity index (χ3v) is 2.99. The van der Waals surface area contributed by atoms with Crippen LogP contribution in [0.25, 0.3) is 10.9 Å². The van der Waals surface area contributed by atoms with Crippen LogP contribution in [0.5, 0.6) is 5.75 Å². The number of H-pyrrole nitrogens is 1. The zero-order valence-corrected chi connectivity index (χ0v) is 12.3. The molecule has 104 valence electrons. The molecule has 2 rings (SSSR count). The lowest BCUT2D eigenvalue weighted by atomic mass is 10.1. The molecule has 3 heteroatoms. The first-order valence-corrected chi connectivity index (χ1v) is 6.92. The third-order valence-electron chi connectivity index (χ3n) is 2.99. The Labute approximate surface area is 115 Å². The van der Waals surface area contributed by atoms with Crippen molar-refractivity contribution in [3.63, 3.8) is 0 Å². The van der Waals surface area contributed by atoms with Gasteiger partial charge in [0.1, 0.15) is 5.75 Å². The average molecular weight is 260 g/mol. The zero-order chi connectivity index (χ0) is 13.9. The molecule has 0 aliphatic heterocycles. The fourth-order valence-electron chi connectivity index (χ4n) is 2.11. The Kier molecular flexibility index (Phi) is 4.15. The number of benzene rings is 1. The van der Waals surface area contributed by atoms with Gasteiger partial charge in [-0.25, -0.2) is 0 Å². The molecule has 0 radical (unpaired) electrons. The van der Waals surface area contributed by atoms with E-state index < -0.39 is 0 Å². The number of fused-ring (bicyclic) bond motifs is 1. The summed E-state index contributed by atoms with van der Waals surface area (Å²) in [7, 11) is 0. The highest BCUT2D eigenvalue weighted by Crippen LogP contribution is 2.26. The van der Waals surface area contributed by atoms with E-state index in [2.05, 4.69) is 50.1 Å². The Hall–Kier alpha value is -1.48. The lowest BCUT2D eigenvalue weighted by Crippen LogP contribution is -2.36. The molecule has 0 atom stereocenters. The minimum absolute atomic E-state index is 0.178. The normalized spacial score (nSPS) is 12.0. The SMILES string of the molecule is Cc1cc2c(OCCCNC(C)(C)C)cccc2[nH]1. The van der Waals surface area contributed by atoms with Gasteiger partial charge in [0.2, 0.25) is 0 Å². The number of aryl methyl sites for hydroxylation is 1. The number of hydrogen-bond acceptors (Lipinski definition) is 2. The molecule has 0 amide bonds. The standard InChI is InChI=1S/C16H24N2O/c1-12-11-13-14(18-12)7-5-8-15(13)19-10-6-9-17-16(2,3)4/h5,7-8,11,17-18H,6,9-10H2,1-4H3. The molecule has 1 heterocycles. The van der Waals surface area contributed by atoms with Gasteiger partial charge in [0.25, 0.3) is 0 Å². The molecule has 2 aromatic rings. The number of hydrogen-bond donors (Lipinski definition) is 2. The average Bonchev–Trinajstić information content (AvgIpc) is 2.68. The lowest BCUT2D eigenvalue weighted by Gasteiger charge is -2.20. The summed E-state index contributed by atoms with van der Waals surface area (Å²) in [6, 6.07) is 8.28. The Morgan fingerprint density at radius 3 is 2.79 bits per heavy atom. The second-order valence-corrected chi connectivity index (χ2v) is 6.05. The maximum atomic E-state index is 5.89. The highest BCUT2D eigenvalue weighted by molar-refractivity contribution is 5.86. The van der Waals surface area contributed by atoms with Gasteiger partial charge in [-0.15, -0.1) is 0 Å². The van der Waals surface area contributed by atoms with Crippen LogP contribution in [0.15, 0.2) is 24.3 Å². The van der Waals surface area contributed by atoms with E-state index in [1.54, 1.807) is 0 Å². The molecule has 1 aromatic heterocycles. The number of nitrogens with one attached hydrogen (secondary N) is 2. The van der Waals surface area contributed by atoms with Gasteiger partial charge in [-0.2, -0.15) is 0 Å². The van der Waals surface area contributed by atoms with Crippen molar-refractivity contribution in [1.29, 1.82) is 0 Å². The molecule has 0 saturated heterocycles. The van der Waals surface area contributed by atoms with Crippen LogP contribution in [-0.2, 0) is 0 Å². The van der Waals surface area contributed by atoms with Crippen LogP contribution in [0, 0.1) is 6.92 Å². The van der Waals surface area contributed by atoms with Crippen molar-refractivity contribution in [2.75, 3.05) is 13.2 Å². The van der Waals surface area contributed by atoms with E-state index in [1.807, 2.05) is 12.1 Å². The fraction of sp³-hybridized carbons (Fsp3) is 0.500. The van der Waals surface area contributed by atoms with E-state index in [1.165, 1.54) is 11.1 Å². The predicted molar refractivity (Wildman–Crippen MR) is 80.9 cm³/mol. The van der Waals surface area contributed by atoms with E-state index in [0.717, 1.165) is 30.8 Å². The summed E-state index contributed by atoms with van der Waals surface area (Å²) in [5, 5.41) is 4.63. The Morgan fingerprint density at radius 1 is 1.26 bits per heavy atom. The van der Waals surface area contributed by atoms with Crippen molar-refractivity contribution < 1.29 is 4.74 Å². The maximum Gasteiger partial charge on any atom is 0.128 e. The molecule has 0 aliphatic carbocycles. The second kappa shape index (κ2) is 5.66. The van der Waals surface area contributed by atoms with Crippen LogP contribution in [-0.4, -0.2) is 23.7 Å². The number of aromatic nitrogens is 1. The first kappa shape index (κ1) is 13.9. The summed E-state index contributed by atoms with van der Waals surface area (Å²) in [4.78, 5) is 3.33. The van der Waals surface area contributed by atoms with Crippen LogP contribution >= 0.6 is 0 Å². The molecular weight excluding hydrogens is 236 g/mol. The molecule has 19 heavy (non-hydrogen) atoms. The predicted octanol–water partition coefficient (Wildman–Crippen LogP) is 3.63. The molecule has 0 fully saturated rings. The van der Waals surface area contributed by atoms with Gasteiger partial charge in [-0.3, -0.25) is 0 Å². The van der Waals surface area contributed by atoms with Crippen LogP contribution in [0.2, 0.25) is 0 Å². The Bertz CT molecular complexity index is 537. The highest BCUT2D eigenvalue weighted by Gasteiger charge is 2.08. The summed E-state index contributed by atoms with van der Waals surface area (Å²) in [6.07, 6.45) is 1.01. The van der Waals surface area contributed by atoms with Crippen LogP contribution in [0.1, 0.15) is 32.9 Å². The summed E-state index contributed by atoms with van der Waals surface area (Å²) in [6.45, 7) is 10.3. The number of ether oxygens (including phenoxy) is 1. The molecule has 0 spiro atoms. The van der Waals surface area contributed by atoms with E-state index >= 15 is 0 Å². The summed E-state index contributed by atoms with van der Waals surface area (Å²) in [5.74, 6) is 0.970. The molecule has 3 nitrogen and oxygen atoms in total. The lowest BCUT2D eigenvalue weighted by molar-refractivity contribution is 0.301. The quantitative estimate of drug-likeness (QED) is 0.805. The van der Waals surface area contributed by atoms with Gasteiger partial charge < -0.3 is 15.0 Å². The second-order valence-electron chi connectivity index (χ2n) is 6.05. The van der Waals surface area contributed by atoms with Crippen molar-refractivity contribution in [3.8, 4) is 5.75 Å². The number of rotatable bonds is 5. The van der Waals surface area contributed by atoms with E-state index in [9.17, 15) is 0 Å². The molecule has 0 bridgehead atoms. The maximum absolute atomic E-state index is 5.89. The first-order valence-electron chi connectivity index (χ1n) is 6.92. The highest BCUT2D eigenvalue weighted by atomic mass is 16.5. The van der Waals surface area contributed by atoms with Crippen molar-refractivity contribution in [3.05, 3.63) is 30.0 Å². The van der Waals surface area contributed by atoms with E-state index in [-0.39, 0.29) is 5.54 Å². The molecule has 2 N–H and O–H groups in total. The monoisotopic (exact) mass is 260 g/mol. The van der Waals surface area contributed by atoms with Gasteiger partial charge in [0, 0.05) is 22.1 Å². The van der Waals surface area contributed by atoms with Crippen molar-refractivity contribution in [2.24, 2.45) is 0 Å². The van der Waals surface area contributed by atoms with Crippen molar-refractivity contribution in [2.45, 2.75) is 39.7 Å². The van der Waals surface area contributed by atoms with Crippen LogP contribution in [0.4, 0.5) is 0 Å². The van der Waals surface area contributed by atoms with E-state index in [4.69, 9.17) is 4.74 Å². The van der Waals surface area contributed by atoms with Crippen molar-refractivity contribution in [1.82, 2.24) is 10.3 Å². The van der Waals surface area contributed by atoms with Gasteiger partial charge >= 0.3 is 0 Å². The molecule has 0 unspecified atom stereocenters. The van der Waals surface area contributed by atoms with E-state index in [0.29, 0.717) is 0 Å². The van der Waals surface area contributed by atoms with Gasteiger partial charge in [-0.1, -0.05) is 6.07 Å². The summed E-state index contributed by atoms with van der Waals surface area (Å²) < 4.78 is 5.89. The zero-order valence-electron chi connectivity index (χ0n) is 12.3. The topological polar surface area (TPSA) is 37.0 Å². The molecule has 0 saturated carbocycles. The third kappa shape index (κ3) is 4.00. The molecule has 0 aliphatic rings. The summed E-state index contributed by atoms with van der Waals surface area (Å²) in [5.41, 5.74) is 2.49. The van der Waals surface area contributed by atoms with Gasteiger partial charge in [-0.05, 0) is 58.9 Å². The fourth-order valence-corrected chi connectivity index (χ4v) is 2.11. The molecular formula is C16H24N2O. The van der Waals surface area contributed by atoms with Crippen LogP contribution < -0.4 is 10.1 Å².